The summed E-state index contributed by atoms with van der Waals surface area (Å²) in [6.07, 6.45) is 0.947. The highest BCUT2D eigenvalue weighted by molar-refractivity contribution is 7.92. The number of hydrogen-bond donors (Lipinski definition) is 1. The molecule has 0 fully saturated rings. The number of rotatable bonds is 7. The molecule has 0 aliphatic rings. The van der Waals surface area contributed by atoms with Crippen molar-refractivity contribution in [3.8, 4) is 0 Å². The first-order chi connectivity index (χ1) is 13.5. The summed E-state index contributed by atoms with van der Waals surface area (Å²) in [5.74, 6) is -1.24. The highest BCUT2D eigenvalue weighted by atomic mass is 35.5. The topological polar surface area (TPSA) is 92.8 Å². The predicted octanol–water partition coefficient (Wildman–Crippen LogP) is 4.23. The molecule has 2 aromatic rings. The van der Waals surface area contributed by atoms with Crippen LogP contribution in [0, 0.1) is 0 Å². The maximum Gasteiger partial charge on any atom is 0.339 e. The second kappa shape index (κ2) is 9.67. The van der Waals surface area contributed by atoms with Crippen LogP contribution in [0.4, 0.5) is 11.4 Å². The number of carbonyl (C=O) groups excluding carboxylic acids is 2. The quantitative estimate of drug-likeness (QED) is 0.600. The van der Waals surface area contributed by atoms with Gasteiger partial charge in [0.2, 0.25) is 15.9 Å². The minimum atomic E-state index is -3.83. The minimum Gasteiger partial charge on any atom is -0.462 e. The smallest absolute Gasteiger partial charge is 0.339 e. The fourth-order valence-corrected chi connectivity index (χ4v) is 3.91. The Morgan fingerprint density at radius 3 is 2.34 bits per heavy atom. The zero-order chi connectivity index (χ0) is 21.8. The third kappa shape index (κ3) is 6.24. The molecule has 0 aliphatic carbocycles. The van der Waals surface area contributed by atoms with E-state index in [0.717, 1.165) is 10.6 Å². The van der Waals surface area contributed by atoms with E-state index in [2.05, 4.69) is 5.32 Å². The molecule has 0 saturated carbocycles. The van der Waals surface area contributed by atoms with E-state index < -0.39 is 28.4 Å². The van der Waals surface area contributed by atoms with Gasteiger partial charge >= 0.3 is 5.97 Å². The summed E-state index contributed by atoms with van der Waals surface area (Å²) in [5, 5.41) is 3.00. The largest absolute Gasteiger partial charge is 0.462 e. The molecule has 156 valence electrons. The van der Waals surface area contributed by atoms with Crippen molar-refractivity contribution in [2.45, 2.75) is 6.92 Å². The van der Waals surface area contributed by atoms with E-state index in [9.17, 15) is 18.0 Å². The van der Waals surface area contributed by atoms with Crippen molar-refractivity contribution in [2.75, 3.05) is 29.0 Å². The lowest BCUT2D eigenvalue weighted by molar-refractivity contribution is -0.114. The van der Waals surface area contributed by atoms with Gasteiger partial charge in [-0.3, -0.25) is 9.10 Å². The Labute approximate surface area is 183 Å². The molecule has 0 atom stereocenters. The summed E-state index contributed by atoms with van der Waals surface area (Å²) < 4.78 is 30.1. The third-order valence-corrected chi connectivity index (χ3v) is 5.61. The second-order valence-corrected chi connectivity index (χ2v) is 8.99. The summed E-state index contributed by atoms with van der Waals surface area (Å²) >= 11 is 18.1. The molecule has 29 heavy (non-hydrogen) atoms. The standard InChI is InChI=1S/C18H17Cl3N2O5S/c1-3-28-18(25)13-6-5-12(9-15(13)21)22-17(24)10-23(29(2,26)27)16-8-11(19)4-7-14(16)20/h4-9H,3,10H2,1-2H3,(H,22,24). The molecule has 2 aromatic carbocycles. The molecule has 0 spiro atoms. The Bertz CT molecular complexity index is 1040. The van der Waals surface area contributed by atoms with E-state index >= 15 is 0 Å². The molecular weight excluding hydrogens is 463 g/mol. The number of amides is 1. The fraction of sp³-hybridized carbons (Fsp3) is 0.222. The Morgan fingerprint density at radius 1 is 1.07 bits per heavy atom. The molecule has 0 aliphatic heterocycles. The highest BCUT2D eigenvalue weighted by Crippen LogP contribution is 2.30. The van der Waals surface area contributed by atoms with E-state index in [1.165, 1.54) is 36.4 Å². The van der Waals surface area contributed by atoms with E-state index in [1.54, 1.807) is 6.92 Å². The number of sulfonamides is 1. The molecule has 2 rings (SSSR count). The van der Waals surface area contributed by atoms with Crippen LogP contribution in [-0.4, -0.2) is 39.7 Å². The monoisotopic (exact) mass is 478 g/mol. The van der Waals surface area contributed by atoms with Gasteiger partial charge in [-0.05, 0) is 43.3 Å². The van der Waals surface area contributed by atoms with Crippen molar-refractivity contribution in [1.82, 2.24) is 0 Å². The van der Waals surface area contributed by atoms with Gasteiger partial charge in [-0.25, -0.2) is 13.2 Å². The van der Waals surface area contributed by atoms with Crippen LogP contribution < -0.4 is 9.62 Å². The van der Waals surface area contributed by atoms with Gasteiger partial charge in [0.1, 0.15) is 6.54 Å². The number of halogens is 3. The first-order valence-corrected chi connectivity index (χ1v) is 11.2. The lowest BCUT2D eigenvalue weighted by Crippen LogP contribution is -2.37. The molecule has 1 N–H and O–H groups in total. The Morgan fingerprint density at radius 2 is 1.76 bits per heavy atom. The van der Waals surface area contributed by atoms with Gasteiger partial charge in [0, 0.05) is 10.7 Å². The molecule has 0 bridgehead atoms. The zero-order valence-electron chi connectivity index (χ0n) is 15.4. The Kier molecular flexibility index (Phi) is 7.76. The average Bonchev–Trinajstić information content (AvgIpc) is 2.61. The van der Waals surface area contributed by atoms with Crippen LogP contribution in [0.2, 0.25) is 15.1 Å². The van der Waals surface area contributed by atoms with Gasteiger partial charge in [-0.2, -0.15) is 0 Å². The molecule has 0 aromatic heterocycles. The lowest BCUT2D eigenvalue weighted by Gasteiger charge is -2.23. The van der Waals surface area contributed by atoms with Crippen LogP contribution in [-0.2, 0) is 19.6 Å². The van der Waals surface area contributed by atoms with Crippen LogP contribution in [0.3, 0.4) is 0 Å². The van der Waals surface area contributed by atoms with E-state index in [4.69, 9.17) is 39.5 Å². The van der Waals surface area contributed by atoms with Gasteiger partial charge in [0.15, 0.2) is 0 Å². The zero-order valence-corrected chi connectivity index (χ0v) is 18.5. The molecule has 0 radical (unpaired) electrons. The number of anilines is 2. The molecule has 0 saturated heterocycles. The van der Waals surface area contributed by atoms with E-state index in [-0.39, 0.29) is 38.6 Å². The Hall–Kier alpha value is -2.00. The van der Waals surface area contributed by atoms with Crippen LogP contribution in [0.5, 0.6) is 0 Å². The number of nitrogens with one attached hydrogen (secondary N) is 1. The summed E-state index contributed by atoms with van der Waals surface area (Å²) in [6.45, 7) is 1.32. The fourth-order valence-electron chi connectivity index (χ4n) is 2.36. The number of nitrogens with zero attached hydrogens (tertiary/aromatic N) is 1. The van der Waals surface area contributed by atoms with Crippen molar-refractivity contribution in [2.24, 2.45) is 0 Å². The first-order valence-electron chi connectivity index (χ1n) is 8.22. The van der Waals surface area contributed by atoms with E-state index in [1.807, 2.05) is 0 Å². The molecular formula is C18H17Cl3N2O5S. The van der Waals surface area contributed by atoms with Gasteiger partial charge in [0.25, 0.3) is 0 Å². The third-order valence-electron chi connectivity index (χ3n) is 3.61. The number of benzene rings is 2. The highest BCUT2D eigenvalue weighted by Gasteiger charge is 2.23. The maximum atomic E-state index is 12.4. The number of ether oxygens (including phenoxy) is 1. The van der Waals surface area contributed by atoms with Crippen molar-refractivity contribution in [1.29, 1.82) is 0 Å². The van der Waals surface area contributed by atoms with Crippen LogP contribution in [0.25, 0.3) is 0 Å². The molecule has 11 heteroatoms. The second-order valence-electron chi connectivity index (χ2n) is 5.83. The summed E-state index contributed by atoms with van der Waals surface area (Å²) in [5.41, 5.74) is 0.501. The van der Waals surface area contributed by atoms with Crippen molar-refractivity contribution < 1.29 is 22.7 Å². The van der Waals surface area contributed by atoms with Crippen molar-refractivity contribution in [3.05, 3.63) is 57.0 Å². The van der Waals surface area contributed by atoms with Crippen molar-refractivity contribution >= 4 is 68.1 Å². The predicted molar refractivity (Wildman–Crippen MR) is 115 cm³/mol. The van der Waals surface area contributed by atoms with Crippen LogP contribution in [0.1, 0.15) is 17.3 Å². The molecule has 0 heterocycles. The molecule has 1 amide bonds. The van der Waals surface area contributed by atoms with Crippen molar-refractivity contribution in [3.63, 3.8) is 0 Å². The number of hydrogen-bond acceptors (Lipinski definition) is 5. The van der Waals surface area contributed by atoms with Crippen LogP contribution >= 0.6 is 34.8 Å². The molecule has 0 unspecified atom stereocenters. The van der Waals surface area contributed by atoms with Gasteiger partial charge in [-0.1, -0.05) is 34.8 Å². The summed E-state index contributed by atoms with van der Waals surface area (Å²) in [7, 11) is -3.83. The normalized spacial score (nSPS) is 11.1. The SMILES string of the molecule is CCOC(=O)c1ccc(NC(=O)CN(c2cc(Cl)ccc2Cl)S(C)(=O)=O)cc1Cl. The van der Waals surface area contributed by atoms with E-state index in [0.29, 0.717) is 0 Å². The Balaban J connectivity index is 2.22. The summed E-state index contributed by atoms with van der Waals surface area (Å²) in [6, 6.07) is 8.50. The number of esters is 1. The molecule has 7 nitrogen and oxygen atoms in total. The average molecular weight is 480 g/mol. The maximum absolute atomic E-state index is 12.4. The number of carbonyl (C=O) groups is 2. The first kappa shape index (κ1) is 23.3. The van der Waals surface area contributed by atoms with Gasteiger partial charge in [0.05, 0.1) is 34.2 Å². The van der Waals surface area contributed by atoms with Gasteiger partial charge < -0.3 is 10.1 Å². The van der Waals surface area contributed by atoms with Crippen LogP contribution in [0.15, 0.2) is 36.4 Å². The summed E-state index contributed by atoms with van der Waals surface area (Å²) in [4.78, 5) is 24.2. The lowest BCUT2D eigenvalue weighted by atomic mass is 10.2. The minimum absolute atomic E-state index is 0.0764. The van der Waals surface area contributed by atoms with Gasteiger partial charge in [-0.15, -0.1) is 0 Å².